The minimum absolute atomic E-state index is 0.000603. The van der Waals surface area contributed by atoms with Gasteiger partial charge in [-0.25, -0.2) is 8.42 Å². The molecule has 0 N–H and O–H groups in total. The maximum absolute atomic E-state index is 11.8. The zero-order chi connectivity index (χ0) is 19.6. The Hall–Kier alpha value is -2.32. The molecule has 1 aliphatic heterocycles. The standard InChI is InChI=1S/C20H21N3O3S2/c1-15-6-5-7-16(12-15)23-19(13-26-17-8-3-2-4-9-17)21-22-20(23)27-18-10-11-28(24,25)14-18/h2-9,12,18H,10-11,13-14H2,1H3. The van der Waals surface area contributed by atoms with E-state index in [4.69, 9.17) is 4.74 Å². The molecular weight excluding hydrogens is 394 g/mol. The molecule has 1 aliphatic rings. The summed E-state index contributed by atoms with van der Waals surface area (Å²) < 4.78 is 31.5. The average molecular weight is 416 g/mol. The number of hydrogen-bond donors (Lipinski definition) is 0. The summed E-state index contributed by atoms with van der Waals surface area (Å²) in [6, 6.07) is 17.6. The van der Waals surface area contributed by atoms with Crippen LogP contribution < -0.4 is 4.74 Å². The molecule has 1 saturated heterocycles. The van der Waals surface area contributed by atoms with E-state index in [-0.39, 0.29) is 23.4 Å². The minimum atomic E-state index is -2.94. The van der Waals surface area contributed by atoms with Crippen LogP contribution in [-0.4, -0.2) is 39.9 Å². The molecule has 1 aromatic heterocycles. The van der Waals surface area contributed by atoms with Gasteiger partial charge in [-0.05, 0) is 43.2 Å². The van der Waals surface area contributed by atoms with Crippen LogP contribution in [0.1, 0.15) is 17.8 Å². The number of rotatable bonds is 6. The summed E-state index contributed by atoms with van der Waals surface area (Å²) in [5.41, 5.74) is 2.07. The van der Waals surface area contributed by atoms with Crippen LogP contribution in [0.5, 0.6) is 5.75 Å². The smallest absolute Gasteiger partial charge is 0.196 e. The van der Waals surface area contributed by atoms with Crippen molar-refractivity contribution in [2.75, 3.05) is 11.5 Å². The Labute approximate surface area is 168 Å². The monoisotopic (exact) mass is 415 g/mol. The molecule has 2 heterocycles. The van der Waals surface area contributed by atoms with Crippen LogP contribution in [0, 0.1) is 6.92 Å². The molecule has 0 bridgehead atoms. The molecule has 1 atom stereocenters. The fourth-order valence-corrected chi connectivity index (χ4v) is 6.69. The summed E-state index contributed by atoms with van der Waals surface area (Å²) in [4.78, 5) is 0. The fourth-order valence-electron chi connectivity index (χ4n) is 3.16. The minimum Gasteiger partial charge on any atom is -0.486 e. The molecule has 0 amide bonds. The first-order valence-electron chi connectivity index (χ1n) is 9.06. The van der Waals surface area contributed by atoms with Gasteiger partial charge >= 0.3 is 0 Å². The Bertz CT molecular complexity index is 1070. The number of aryl methyl sites for hydroxylation is 1. The highest BCUT2D eigenvalue weighted by Crippen LogP contribution is 2.32. The van der Waals surface area contributed by atoms with Crippen LogP contribution in [0.4, 0.5) is 0 Å². The normalized spacial score (nSPS) is 18.2. The van der Waals surface area contributed by atoms with Gasteiger partial charge in [-0.2, -0.15) is 0 Å². The lowest BCUT2D eigenvalue weighted by Crippen LogP contribution is -2.10. The predicted molar refractivity (Wildman–Crippen MR) is 110 cm³/mol. The van der Waals surface area contributed by atoms with Crippen LogP contribution in [0.2, 0.25) is 0 Å². The molecule has 4 rings (SSSR count). The van der Waals surface area contributed by atoms with Crippen molar-refractivity contribution in [3.05, 3.63) is 66.0 Å². The number of benzene rings is 2. The van der Waals surface area contributed by atoms with Gasteiger partial charge in [0.25, 0.3) is 0 Å². The molecule has 6 nitrogen and oxygen atoms in total. The summed E-state index contributed by atoms with van der Waals surface area (Å²) in [6.07, 6.45) is 0.642. The van der Waals surface area contributed by atoms with E-state index in [0.717, 1.165) is 17.0 Å². The third-order valence-electron chi connectivity index (χ3n) is 4.53. The first-order valence-corrected chi connectivity index (χ1v) is 11.8. The van der Waals surface area contributed by atoms with E-state index in [9.17, 15) is 8.42 Å². The Morgan fingerprint density at radius 1 is 1.14 bits per heavy atom. The maximum Gasteiger partial charge on any atom is 0.196 e. The largest absolute Gasteiger partial charge is 0.486 e. The summed E-state index contributed by atoms with van der Waals surface area (Å²) in [7, 11) is -2.94. The van der Waals surface area contributed by atoms with Gasteiger partial charge in [0.1, 0.15) is 12.4 Å². The first-order chi connectivity index (χ1) is 13.5. The molecule has 1 fully saturated rings. The number of sulfone groups is 1. The topological polar surface area (TPSA) is 74.1 Å². The molecule has 8 heteroatoms. The summed E-state index contributed by atoms with van der Waals surface area (Å²) in [5.74, 6) is 1.87. The highest BCUT2D eigenvalue weighted by molar-refractivity contribution is 8.01. The first kappa shape index (κ1) is 19.0. The van der Waals surface area contributed by atoms with E-state index in [1.807, 2.05) is 60.0 Å². The van der Waals surface area contributed by atoms with Crippen molar-refractivity contribution in [3.63, 3.8) is 0 Å². The summed E-state index contributed by atoms with van der Waals surface area (Å²) >= 11 is 1.48. The SMILES string of the molecule is Cc1cccc(-n2c(COc3ccccc3)nnc2SC2CCS(=O)(=O)C2)c1. The van der Waals surface area contributed by atoms with Gasteiger partial charge in [0.05, 0.1) is 11.5 Å². The Morgan fingerprint density at radius 2 is 1.96 bits per heavy atom. The lowest BCUT2D eigenvalue weighted by atomic mass is 10.2. The van der Waals surface area contributed by atoms with Gasteiger partial charge in [0.15, 0.2) is 20.8 Å². The van der Waals surface area contributed by atoms with E-state index < -0.39 is 9.84 Å². The zero-order valence-electron chi connectivity index (χ0n) is 15.5. The van der Waals surface area contributed by atoms with Crippen LogP contribution in [0.3, 0.4) is 0 Å². The van der Waals surface area contributed by atoms with E-state index >= 15 is 0 Å². The lowest BCUT2D eigenvalue weighted by molar-refractivity contribution is 0.293. The highest BCUT2D eigenvalue weighted by Gasteiger charge is 2.30. The van der Waals surface area contributed by atoms with E-state index in [0.29, 0.717) is 17.4 Å². The lowest BCUT2D eigenvalue weighted by Gasteiger charge is -2.13. The molecular formula is C20H21N3O3S2. The van der Waals surface area contributed by atoms with Crippen LogP contribution in [0.25, 0.3) is 5.69 Å². The number of thioether (sulfide) groups is 1. The van der Waals surface area contributed by atoms with Crippen molar-refractivity contribution in [3.8, 4) is 11.4 Å². The van der Waals surface area contributed by atoms with Crippen molar-refractivity contribution >= 4 is 21.6 Å². The Morgan fingerprint density at radius 3 is 2.68 bits per heavy atom. The van der Waals surface area contributed by atoms with E-state index in [1.54, 1.807) is 0 Å². The quantitative estimate of drug-likeness (QED) is 0.614. The molecule has 1 unspecified atom stereocenters. The van der Waals surface area contributed by atoms with Gasteiger partial charge in [0, 0.05) is 10.9 Å². The van der Waals surface area contributed by atoms with Gasteiger partial charge in [-0.3, -0.25) is 4.57 Å². The third-order valence-corrected chi connectivity index (χ3v) is 7.72. The van der Waals surface area contributed by atoms with Crippen molar-refractivity contribution in [1.29, 1.82) is 0 Å². The van der Waals surface area contributed by atoms with Gasteiger partial charge in [-0.1, -0.05) is 42.1 Å². The number of aromatic nitrogens is 3. The summed E-state index contributed by atoms with van der Waals surface area (Å²) in [6.45, 7) is 2.30. The van der Waals surface area contributed by atoms with Crippen molar-refractivity contribution in [1.82, 2.24) is 14.8 Å². The molecule has 0 spiro atoms. The molecule has 3 aromatic rings. The second-order valence-corrected chi connectivity index (χ2v) is 10.3. The molecule has 146 valence electrons. The van der Waals surface area contributed by atoms with E-state index in [2.05, 4.69) is 16.3 Å². The van der Waals surface area contributed by atoms with Crippen molar-refractivity contribution in [2.45, 2.75) is 30.4 Å². The maximum atomic E-state index is 11.8. The number of hydrogen-bond acceptors (Lipinski definition) is 6. The molecule has 0 aliphatic carbocycles. The van der Waals surface area contributed by atoms with Crippen LogP contribution in [-0.2, 0) is 16.4 Å². The van der Waals surface area contributed by atoms with Gasteiger partial charge in [-0.15, -0.1) is 10.2 Å². The molecule has 0 radical (unpaired) electrons. The Balaban J connectivity index is 1.63. The predicted octanol–water partition coefficient (Wildman–Crippen LogP) is 3.43. The van der Waals surface area contributed by atoms with Crippen molar-refractivity contribution < 1.29 is 13.2 Å². The number of ether oxygens (including phenoxy) is 1. The second-order valence-electron chi connectivity index (χ2n) is 6.82. The molecule has 2 aromatic carbocycles. The number of nitrogens with zero attached hydrogens (tertiary/aromatic N) is 3. The van der Waals surface area contributed by atoms with Crippen LogP contribution in [0.15, 0.2) is 59.8 Å². The van der Waals surface area contributed by atoms with Crippen molar-refractivity contribution in [2.24, 2.45) is 0 Å². The Kier molecular flexibility index (Phi) is 5.41. The zero-order valence-corrected chi connectivity index (χ0v) is 17.1. The second kappa shape index (κ2) is 7.97. The summed E-state index contributed by atoms with van der Waals surface area (Å²) in [5, 5.41) is 9.37. The number of para-hydroxylation sites is 1. The molecule has 0 saturated carbocycles. The van der Waals surface area contributed by atoms with Gasteiger partial charge in [0.2, 0.25) is 0 Å². The third kappa shape index (κ3) is 4.39. The molecule has 28 heavy (non-hydrogen) atoms. The van der Waals surface area contributed by atoms with Crippen LogP contribution >= 0.6 is 11.8 Å². The van der Waals surface area contributed by atoms with E-state index in [1.165, 1.54) is 11.8 Å². The average Bonchev–Trinajstić information content (AvgIpc) is 3.23. The van der Waals surface area contributed by atoms with Gasteiger partial charge < -0.3 is 4.74 Å². The fraction of sp³-hybridized carbons (Fsp3) is 0.300. The highest BCUT2D eigenvalue weighted by atomic mass is 32.2.